The van der Waals surface area contributed by atoms with Crippen LogP contribution in [-0.2, 0) is 28.8 Å². The topological polar surface area (TPSA) is 271 Å². The summed E-state index contributed by atoms with van der Waals surface area (Å²) < 4.78 is 0. The highest BCUT2D eigenvalue weighted by atomic mass is 16.4. The van der Waals surface area contributed by atoms with Crippen LogP contribution in [-0.4, -0.2) is 92.9 Å². The Labute approximate surface area is 169 Å². The van der Waals surface area contributed by atoms with Crippen molar-refractivity contribution in [2.45, 2.75) is 50.0 Å². The second-order valence-corrected chi connectivity index (χ2v) is 6.24. The van der Waals surface area contributed by atoms with Gasteiger partial charge < -0.3 is 47.8 Å². The van der Waals surface area contributed by atoms with E-state index in [1.807, 2.05) is 16.0 Å². The van der Waals surface area contributed by atoms with E-state index in [0.717, 1.165) is 6.92 Å². The first-order valence-corrected chi connectivity index (χ1v) is 8.48. The van der Waals surface area contributed by atoms with Gasteiger partial charge in [0.25, 0.3) is 0 Å². The van der Waals surface area contributed by atoms with Gasteiger partial charge in [0, 0.05) is 0 Å². The number of hydrogen-bond acceptors (Lipinski definition) is 9. The zero-order valence-electron chi connectivity index (χ0n) is 15.9. The minimum atomic E-state index is -1.82. The molecule has 170 valence electrons. The summed E-state index contributed by atoms with van der Waals surface area (Å²) in [7, 11) is 0. The van der Waals surface area contributed by atoms with Crippen molar-refractivity contribution in [2.24, 2.45) is 11.5 Å². The second-order valence-electron chi connectivity index (χ2n) is 6.24. The number of carbonyl (C=O) groups excluding carboxylic acids is 4. The van der Waals surface area contributed by atoms with E-state index in [2.05, 4.69) is 0 Å². The van der Waals surface area contributed by atoms with E-state index in [4.69, 9.17) is 26.8 Å². The van der Waals surface area contributed by atoms with Crippen LogP contribution < -0.4 is 27.4 Å². The van der Waals surface area contributed by atoms with Crippen LogP contribution in [0.1, 0.15) is 19.8 Å². The fourth-order valence-electron chi connectivity index (χ4n) is 2.07. The predicted molar refractivity (Wildman–Crippen MR) is 96.2 cm³/mol. The number of aliphatic hydroxyl groups excluding tert-OH is 2. The Kier molecular flexibility index (Phi) is 10.9. The molecule has 0 saturated heterocycles. The molecule has 0 aliphatic carbocycles. The fraction of sp³-hybridized carbons (Fsp3) is 0.600. The zero-order valence-corrected chi connectivity index (χ0v) is 15.9. The summed E-state index contributed by atoms with van der Waals surface area (Å²) in [6.07, 6.45) is -3.30. The summed E-state index contributed by atoms with van der Waals surface area (Å²) in [5, 5.41) is 42.4. The predicted octanol–water partition coefficient (Wildman–Crippen LogP) is -5.42. The molecule has 0 bridgehead atoms. The number of aliphatic carboxylic acids is 2. The smallest absolute Gasteiger partial charge is 0.326 e. The van der Waals surface area contributed by atoms with E-state index in [1.165, 1.54) is 0 Å². The van der Waals surface area contributed by atoms with Crippen molar-refractivity contribution < 1.29 is 49.2 Å². The molecular formula is C15H25N5O10. The lowest BCUT2D eigenvalue weighted by Gasteiger charge is -2.25. The first kappa shape index (κ1) is 26.7. The van der Waals surface area contributed by atoms with Crippen LogP contribution in [0.15, 0.2) is 0 Å². The number of hydrogen-bond donors (Lipinski definition) is 9. The van der Waals surface area contributed by atoms with E-state index in [9.17, 15) is 33.9 Å². The van der Waals surface area contributed by atoms with Crippen molar-refractivity contribution in [1.29, 1.82) is 0 Å². The molecule has 5 unspecified atom stereocenters. The SMILES string of the molecule is CC(O)C(NC(=O)C(N)CO)C(=O)NC(CC(=O)O)C(=O)NC(CC(N)=O)C(=O)O. The maximum Gasteiger partial charge on any atom is 0.326 e. The Morgan fingerprint density at radius 2 is 1.40 bits per heavy atom. The molecule has 0 spiro atoms. The highest BCUT2D eigenvalue weighted by Crippen LogP contribution is 2.01. The summed E-state index contributed by atoms with van der Waals surface area (Å²) in [5.74, 6) is -7.69. The summed E-state index contributed by atoms with van der Waals surface area (Å²) >= 11 is 0. The number of nitrogens with one attached hydrogen (secondary N) is 3. The maximum atomic E-state index is 12.4. The van der Waals surface area contributed by atoms with Gasteiger partial charge in [-0.15, -0.1) is 0 Å². The molecule has 0 aromatic carbocycles. The molecule has 0 aromatic heterocycles. The van der Waals surface area contributed by atoms with Gasteiger partial charge in [-0.3, -0.25) is 24.0 Å². The van der Waals surface area contributed by atoms with Crippen LogP contribution in [0, 0.1) is 0 Å². The molecule has 0 saturated carbocycles. The third-order valence-electron chi connectivity index (χ3n) is 3.63. The molecular weight excluding hydrogens is 410 g/mol. The lowest BCUT2D eigenvalue weighted by atomic mass is 10.1. The maximum absolute atomic E-state index is 12.4. The van der Waals surface area contributed by atoms with Gasteiger partial charge in [-0.05, 0) is 6.92 Å². The Hall–Kier alpha value is -3.30. The number of carboxylic acid groups (broad SMARTS) is 2. The number of amides is 4. The highest BCUT2D eigenvalue weighted by molar-refractivity contribution is 5.96. The van der Waals surface area contributed by atoms with Gasteiger partial charge in [0.15, 0.2) is 0 Å². The Morgan fingerprint density at radius 3 is 1.80 bits per heavy atom. The minimum absolute atomic E-state index is 0.763. The highest BCUT2D eigenvalue weighted by Gasteiger charge is 2.33. The van der Waals surface area contributed by atoms with Gasteiger partial charge in [-0.25, -0.2) is 4.79 Å². The standard InChI is InChI=1S/C15H25N5O10/c1-5(22)11(20-12(26)6(16)4-21)14(28)18-7(3-10(24)25)13(27)19-8(15(29)30)2-9(17)23/h5-8,11,21-22H,2-4,16H2,1H3,(H2,17,23)(H,18,28)(H,19,27)(H,20,26)(H,24,25)(H,29,30). The van der Waals surface area contributed by atoms with Crippen LogP contribution in [0.25, 0.3) is 0 Å². The van der Waals surface area contributed by atoms with Crippen molar-refractivity contribution in [3.8, 4) is 0 Å². The van der Waals surface area contributed by atoms with Crippen molar-refractivity contribution in [2.75, 3.05) is 6.61 Å². The van der Waals surface area contributed by atoms with Crippen molar-refractivity contribution >= 4 is 35.6 Å². The van der Waals surface area contributed by atoms with Gasteiger partial charge in [-0.2, -0.15) is 0 Å². The number of nitrogens with two attached hydrogens (primary N) is 2. The van der Waals surface area contributed by atoms with Crippen LogP contribution in [0.4, 0.5) is 0 Å². The average Bonchev–Trinajstić information content (AvgIpc) is 2.62. The largest absolute Gasteiger partial charge is 0.481 e. The Balaban J connectivity index is 5.45. The summed E-state index contributed by atoms with van der Waals surface area (Å²) in [6, 6.07) is -6.70. The van der Waals surface area contributed by atoms with Gasteiger partial charge in [0.2, 0.25) is 23.6 Å². The van der Waals surface area contributed by atoms with E-state index >= 15 is 0 Å². The Bertz CT molecular complexity index is 683. The quantitative estimate of drug-likeness (QED) is 0.132. The first-order valence-electron chi connectivity index (χ1n) is 8.48. The van der Waals surface area contributed by atoms with Gasteiger partial charge in [0.05, 0.1) is 25.6 Å². The summed E-state index contributed by atoms with van der Waals surface area (Å²) in [5.41, 5.74) is 10.2. The van der Waals surface area contributed by atoms with E-state index in [-0.39, 0.29) is 0 Å². The Morgan fingerprint density at radius 1 is 0.867 bits per heavy atom. The zero-order chi connectivity index (χ0) is 23.6. The number of primary amides is 1. The van der Waals surface area contributed by atoms with Gasteiger partial charge in [-0.1, -0.05) is 0 Å². The number of carbonyl (C=O) groups is 6. The van der Waals surface area contributed by atoms with Crippen molar-refractivity contribution in [1.82, 2.24) is 16.0 Å². The molecule has 15 nitrogen and oxygen atoms in total. The number of rotatable bonds is 13. The molecule has 5 atom stereocenters. The molecule has 0 aliphatic heterocycles. The molecule has 0 heterocycles. The number of aliphatic hydroxyl groups is 2. The van der Waals surface area contributed by atoms with E-state index in [0.29, 0.717) is 0 Å². The lowest BCUT2D eigenvalue weighted by Crippen LogP contribution is -2.60. The molecule has 0 aromatic rings. The third kappa shape index (κ3) is 9.26. The molecule has 11 N–H and O–H groups in total. The molecule has 0 rings (SSSR count). The first-order chi connectivity index (χ1) is 13.8. The van der Waals surface area contributed by atoms with Crippen molar-refractivity contribution in [3.63, 3.8) is 0 Å². The normalized spacial score (nSPS) is 15.6. The lowest BCUT2D eigenvalue weighted by molar-refractivity contribution is -0.145. The summed E-state index contributed by atoms with van der Waals surface area (Å²) in [4.78, 5) is 69.4. The second kappa shape index (κ2) is 12.3. The average molecular weight is 435 g/mol. The van der Waals surface area contributed by atoms with Crippen LogP contribution >= 0.6 is 0 Å². The fourth-order valence-corrected chi connectivity index (χ4v) is 2.07. The molecule has 0 radical (unpaired) electrons. The molecule has 30 heavy (non-hydrogen) atoms. The van der Waals surface area contributed by atoms with Crippen LogP contribution in [0.5, 0.6) is 0 Å². The summed E-state index contributed by atoms with van der Waals surface area (Å²) in [6.45, 7) is 0.342. The van der Waals surface area contributed by atoms with Crippen molar-refractivity contribution in [3.05, 3.63) is 0 Å². The molecule has 4 amide bonds. The van der Waals surface area contributed by atoms with E-state index in [1.54, 1.807) is 0 Å². The minimum Gasteiger partial charge on any atom is -0.481 e. The monoisotopic (exact) mass is 435 g/mol. The molecule has 15 heteroatoms. The van der Waals surface area contributed by atoms with Crippen LogP contribution in [0.2, 0.25) is 0 Å². The third-order valence-corrected chi connectivity index (χ3v) is 3.63. The number of carboxylic acids is 2. The molecule has 0 fully saturated rings. The van der Waals surface area contributed by atoms with Crippen LogP contribution in [0.3, 0.4) is 0 Å². The van der Waals surface area contributed by atoms with E-state index < -0.39 is 85.3 Å². The molecule has 0 aliphatic rings. The van der Waals surface area contributed by atoms with Gasteiger partial charge >= 0.3 is 11.9 Å². The van der Waals surface area contributed by atoms with Gasteiger partial charge in [0.1, 0.15) is 24.2 Å².